The number of rotatable bonds is 10. The number of hydrogen-bond donors (Lipinski definition) is 1. The number of nitro groups is 1. The Morgan fingerprint density at radius 1 is 1.48 bits per heavy atom. The third kappa shape index (κ3) is 6.11. The largest absolute Gasteiger partial charge is 0.490 e. The van der Waals surface area contributed by atoms with Gasteiger partial charge in [-0.2, -0.15) is 0 Å². The molecule has 0 aliphatic carbocycles. The van der Waals surface area contributed by atoms with Gasteiger partial charge in [0.15, 0.2) is 5.75 Å². The van der Waals surface area contributed by atoms with Gasteiger partial charge in [-0.1, -0.05) is 6.07 Å². The summed E-state index contributed by atoms with van der Waals surface area (Å²) in [6.45, 7) is 1.41. The molecule has 0 fully saturated rings. The maximum Gasteiger partial charge on any atom is 0.311 e. The second-order valence-electron chi connectivity index (χ2n) is 5.26. The van der Waals surface area contributed by atoms with Gasteiger partial charge >= 0.3 is 5.69 Å². The zero-order valence-electron chi connectivity index (χ0n) is 13.9. The Hall–Kier alpha value is -2.55. The highest BCUT2D eigenvalue weighted by molar-refractivity contribution is 7.99. The molecule has 1 aromatic carbocycles. The van der Waals surface area contributed by atoms with Crippen LogP contribution in [0.25, 0.3) is 0 Å². The topological polar surface area (TPSA) is 99.3 Å². The predicted octanol–water partition coefficient (Wildman–Crippen LogP) is 2.24. The van der Waals surface area contributed by atoms with E-state index in [0.29, 0.717) is 18.1 Å². The Bertz CT molecular complexity index is 706. The van der Waals surface area contributed by atoms with Crippen LogP contribution in [0.5, 0.6) is 5.75 Å². The first-order valence-corrected chi connectivity index (χ1v) is 8.87. The average Bonchev–Trinajstić information content (AvgIpc) is 3.12. The van der Waals surface area contributed by atoms with Crippen molar-refractivity contribution in [3.05, 3.63) is 52.6 Å². The lowest BCUT2D eigenvalue weighted by atomic mass is 10.2. The van der Waals surface area contributed by atoms with E-state index in [0.717, 1.165) is 18.5 Å². The van der Waals surface area contributed by atoms with Crippen molar-refractivity contribution in [3.63, 3.8) is 0 Å². The van der Waals surface area contributed by atoms with Crippen LogP contribution in [-0.2, 0) is 17.1 Å². The summed E-state index contributed by atoms with van der Waals surface area (Å²) >= 11 is 1.41. The van der Waals surface area contributed by atoms with Gasteiger partial charge in [-0.15, -0.1) is 11.8 Å². The van der Waals surface area contributed by atoms with Crippen molar-refractivity contribution in [2.24, 2.45) is 0 Å². The standard InChI is InChI=1S/C16H20N4O4S/c1-24-15-4-3-13(9-14(15)20(22)23)10-25-11-16(21)18-5-2-7-19-8-6-17-12-19/h3-4,6,8-9,12H,2,5,7,10-11H2,1H3,(H,18,21). The van der Waals surface area contributed by atoms with Crippen LogP contribution in [-0.4, -0.2) is 39.8 Å². The van der Waals surface area contributed by atoms with Gasteiger partial charge in [0.2, 0.25) is 5.91 Å². The molecule has 0 aliphatic heterocycles. The van der Waals surface area contributed by atoms with E-state index in [1.165, 1.54) is 24.9 Å². The lowest BCUT2D eigenvalue weighted by Gasteiger charge is -2.07. The van der Waals surface area contributed by atoms with Crippen molar-refractivity contribution >= 4 is 23.4 Å². The van der Waals surface area contributed by atoms with Crippen LogP contribution in [0.1, 0.15) is 12.0 Å². The van der Waals surface area contributed by atoms with E-state index in [4.69, 9.17) is 4.74 Å². The van der Waals surface area contributed by atoms with E-state index in [1.807, 2.05) is 10.8 Å². The molecule has 2 rings (SSSR count). The van der Waals surface area contributed by atoms with E-state index in [1.54, 1.807) is 24.7 Å². The quantitative estimate of drug-likeness (QED) is 0.394. The second kappa shape index (κ2) is 9.67. The fourth-order valence-electron chi connectivity index (χ4n) is 2.19. The number of nitrogens with zero attached hydrogens (tertiary/aromatic N) is 3. The van der Waals surface area contributed by atoms with E-state index in [2.05, 4.69) is 10.3 Å². The molecule has 0 aliphatic rings. The van der Waals surface area contributed by atoms with Gasteiger partial charge in [-0.3, -0.25) is 14.9 Å². The monoisotopic (exact) mass is 364 g/mol. The molecule has 1 aromatic heterocycles. The first kappa shape index (κ1) is 18.8. The molecular weight excluding hydrogens is 344 g/mol. The average molecular weight is 364 g/mol. The van der Waals surface area contributed by atoms with Crippen molar-refractivity contribution in [1.29, 1.82) is 0 Å². The lowest BCUT2D eigenvalue weighted by Crippen LogP contribution is -2.26. The number of thioether (sulfide) groups is 1. The number of aromatic nitrogens is 2. The van der Waals surface area contributed by atoms with Crippen molar-refractivity contribution in [3.8, 4) is 5.75 Å². The highest BCUT2D eigenvalue weighted by atomic mass is 32.2. The number of carbonyl (C=O) groups is 1. The van der Waals surface area contributed by atoms with E-state index < -0.39 is 4.92 Å². The third-order valence-corrected chi connectivity index (χ3v) is 4.42. The summed E-state index contributed by atoms with van der Waals surface area (Å²) < 4.78 is 6.92. The summed E-state index contributed by atoms with van der Waals surface area (Å²) in [6, 6.07) is 4.82. The molecule has 0 saturated heterocycles. The molecule has 1 N–H and O–H groups in total. The van der Waals surface area contributed by atoms with Crippen LogP contribution in [0, 0.1) is 10.1 Å². The van der Waals surface area contributed by atoms with Crippen LogP contribution in [0.15, 0.2) is 36.9 Å². The number of methoxy groups -OCH3 is 1. The number of carbonyl (C=O) groups excluding carboxylic acids is 1. The predicted molar refractivity (Wildman–Crippen MR) is 95.7 cm³/mol. The van der Waals surface area contributed by atoms with Crippen LogP contribution in [0.3, 0.4) is 0 Å². The minimum atomic E-state index is -0.472. The minimum absolute atomic E-state index is 0.0429. The molecule has 1 heterocycles. The summed E-state index contributed by atoms with van der Waals surface area (Å²) in [5.74, 6) is 1.02. The zero-order chi connectivity index (χ0) is 18.1. The number of nitrogens with one attached hydrogen (secondary N) is 1. The molecule has 0 bridgehead atoms. The van der Waals surface area contributed by atoms with Crippen LogP contribution in [0.2, 0.25) is 0 Å². The van der Waals surface area contributed by atoms with Gasteiger partial charge in [-0.05, 0) is 18.1 Å². The molecule has 134 valence electrons. The van der Waals surface area contributed by atoms with Crippen molar-refractivity contribution in [2.45, 2.75) is 18.7 Å². The number of nitro benzene ring substituents is 1. The number of ether oxygens (including phenoxy) is 1. The summed E-state index contributed by atoms with van der Waals surface area (Å²) in [5.41, 5.74) is 0.718. The lowest BCUT2D eigenvalue weighted by molar-refractivity contribution is -0.385. The molecule has 25 heavy (non-hydrogen) atoms. The van der Waals surface area contributed by atoms with Crippen LogP contribution >= 0.6 is 11.8 Å². The molecule has 0 radical (unpaired) electrons. The third-order valence-electron chi connectivity index (χ3n) is 3.42. The van der Waals surface area contributed by atoms with E-state index in [-0.39, 0.29) is 17.3 Å². The molecule has 8 nitrogen and oxygen atoms in total. The van der Waals surface area contributed by atoms with Crippen molar-refractivity contribution in [1.82, 2.24) is 14.9 Å². The van der Waals surface area contributed by atoms with Gasteiger partial charge in [0.05, 0.1) is 24.1 Å². The molecule has 0 unspecified atom stereocenters. The number of benzene rings is 1. The van der Waals surface area contributed by atoms with E-state index in [9.17, 15) is 14.9 Å². The number of aryl methyl sites for hydroxylation is 1. The first-order chi connectivity index (χ1) is 12.1. The highest BCUT2D eigenvalue weighted by Crippen LogP contribution is 2.28. The molecule has 0 saturated carbocycles. The Morgan fingerprint density at radius 2 is 2.32 bits per heavy atom. The molecule has 2 aromatic rings. The van der Waals surface area contributed by atoms with Crippen molar-refractivity contribution in [2.75, 3.05) is 19.4 Å². The van der Waals surface area contributed by atoms with Gasteiger partial charge < -0.3 is 14.6 Å². The van der Waals surface area contributed by atoms with Crippen LogP contribution in [0.4, 0.5) is 5.69 Å². The van der Waals surface area contributed by atoms with Gasteiger partial charge in [0, 0.05) is 37.3 Å². The van der Waals surface area contributed by atoms with Gasteiger partial charge in [0.1, 0.15) is 0 Å². The summed E-state index contributed by atoms with van der Waals surface area (Å²) in [5, 5.41) is 13.9. The Morgan fingerprint density at radius 3 is 3.00 bits per heavy atom. The highest BCUT2D eigenvalue weighted by Gasteiger charge is 2.15. The Balaban J connectivity index is 1.68. The molecule has 9 heteroatoms. The fourth-order valence-corrected chi connectivity index (χ4v) is 2.99. The summed E-state index contributed by atoms with van der Waals surface area (Å²) in [6.07, 6.45) is 6.17. The summed E-state index contributed by atoms with van der Waals surface area (Å²) in [7, 11) is 1.40. The second-order valence-corrected chi connectivity index (χ2v) is 6.25. The fraction of sp³-hybridized carbons (Fsp3) is 0.375. The zero-order valence-corrected chi connectivity index (χ0v) is 14.7. The Kier molecular flexibility index (Phi) is 7.27. The smallest absolute Gasteiger partial charge is 0.311 e. The molecule has 1 amide bonds. The van der Waals surface area contributed by atoms with E-state index >= 15 is 0 Å². The normalized spacial score (nSPS) is 10.4. The molecule has 0 atom stereocenters. The van der Waals surface area contributed by atoms with Gasteiger partial charge in [0.25, 0.3) is 0 Å². The number of amides is 1. The molecule has 0 spiro atoms. The molecular formula is C16H20N4O4S. The summed E-state index contributed by atoms with van der Waals surface area (Å²) in [4.78, 5) is 26.3. The minimum Gasteiger partial charge on any atom is -0.490 e. The van der Waals surface area contributed by atoms with Crippen LogP contribution < -0.4 is 10.1 Å². The Labute approximate surface area is 149 Å². The SMILES string of the molecule is COc1ccc(CSCC(=O)NCCCn2ccnc2)cc1[N+](=O)[O-]. The number of hydrogen-bond acceptors (Lipinski definition) is 6. The number of imidazole rings is 1. The first-order valence-electron chi connectivity index (χ1n) is 7.71. The van der Waals surface area contributed by atoms with Gasteiger partial charge in [-0.25, -0.2) is 4.98 Å². The van der Waals surface area contributed by atoms with Crippen molar-refractivity contribution < 1.29 is 14.5 Å². The maximum atomic E-state index is 11.8. The maximum absolute atomic E-state index is 11.8.